The number of hydrogen-bond acceptors (Lipinski definition) is 12. The predicted molar refractivity (Wildman–Crippen MR) is 182 cm³/mol. The largest absolute Gasteiger partial charge is 0.494 e. The molecule has 0 aliphatic carbocycles. The van der Waals surface area contributed by atoms with E-state index in [2.05, 4.69) is 6.58 Å². The smallest absolute Gasteiger partial charge is 0.488 e. The van der Waals surface area contributed by atoms with Gasteiger partial charge in [-0.25, -0.2) is 19.2 Å². The van der Waals surface area contributed by atoms with Gasteiger partial charge < -0.3 is 38.5 Å². The monoisotopic (exact) mass is 682 g/mol. The van der Waals surface area contributed by atoms with Gasteiger partial charge in [-0.3, -0.25) is 0 Å². The zero-order chi connectivity index (χ0) is 36.0. The molecule has 13 heteroatoms. The summed E-state index contributed by atoms with van der Waals surface area (Å²) in [6.45, 7) is 7.13. The summed E-state index contributed by atoms with van der Waals surface area (Å²) in [7, 11) is -1.63. The van der Waals surface area contributed by atoms with Crippen LogP contribution in [0.25, 0.3) is 0 Å². The van der Waals surface area contributed by atoms with Gasteiger partial charge in [-0.15, -0.1) is 0 Å². The number of unbranched alkanes of at least 4 members (excludes halogenated alkanes) is 1. The Hall–Kier alpha value is -5.92. The molecule has 4 aromatic rings. The van der Waals surface area contributed by atoms with Gasteiger partial charge in [0.15, 0.2) is 6.61 Å². The standard InChI is InChI=1S/C37H35BO12/c1-4-34(39)46-22-6-5-21-45-29-13-7-26(8-14-29)36(41)49-32-19-20-33(25(3)24(32)2)50-37(42)27-9-15-30(16-10-27)47-23-35(40)48-31-17-11-28(12-18-31)38(43)44/h4,7-20,43-44H,1,5-6,21-23H2,2-3H3. The average Bonchev–Trinajstić information content (AvgIpc) is 3.12. The molecule has 0 aliphatic rings. The lowest BCUT2D eigenvalue weighted by Crippen LogP contribution is -2.29. The van der Waals surface area contributed by atoms with Crippen LogP contribution in [0.2, 0.25) is 0 Å². The van der Waals surface area contributed by atoms with Gasteiger partial charge in [-0.05, 0) is 116 Å². The van der Waals surface area contributed by atoms with E-state index in [9.17, 15) is 19.2 Å². The first kappa shape index (κ1) is 36.9. The molecule has 0 bridgehead atoms. The van der Waals surface area contributed by atoms with Crippen LogP contribution in [0.4, 0.5) is 0 Å². The SMILES string of the molecule is C=CC(=O)OCCCCOc1ccc(C(=O)Oc2ccc(OC(=O)c3ccc(OCC(=O)Oc4ccc(B(O)O)cc4)cc3)c(C)c2C)cc1. The summed E-state index contributed by atoms with van der Waals surface area (Å²) in [5.74, 6) is -0.622. The lowest BCUT2D eigenvalue weighted by Gasteiger charge is -2.14. The summed E-state index contributed by atoms with van der Waals surface area (Å²) in [6.07, 6.45) is 2.44. The lowest BCUT2D eigenvalue weighted by molar-refractivity contribution is -0.138. The van der Waals surface area contributed by atoms with Crippen LogP contribution in [-0.2, 0) is 14.3 Å². The summed E-state index contributed by atoms with van der Waals surface area (Å²) >= 11 is 0. The second-order valence-corrected chi connectivity index (χ2v) is 10.8. The number of esters is 4. The number of rotatable bonds is 16. The van der Waals surface area contributed by atoms with Crippen molar-refractivity contribution in [1.82, 2.24) is 0 Å². The van der Waals surface area contributed by atoms with Crippen molar-refractivity contribution in [3.63, 3.8) is 0 Å². The Morgan fingerprint density at radius 3 is 1.62 bits per heavy atom. The minimum atomic E-state index is -1.63. The normalized spacial score (nSPS) is 10.4. The summed E-state index contributed by atoms with van der Waals surface area (Å²) in [6, 6.07) is 21.3. The minimum Gasteiger partial charge on any atom is -0.494 e. The maximum atomic E-state index is 12.9. The fourth-order valence-corrected chi connectivity index (χ4v) is 4.32. The van der Waals surface area contributed by atoms with E-state index >= 15 is 0 Å². The highest BCUT2D eigenvalue weighted by atomic mass is 16.6. The van der Waals surface area contributed by atoms with Gasteiger partial charge in [0, 0.05) is 6.08 Å². The van der Waals surface area contributed by atoms with Crippen LogP contribution in [0.5, 0.6) is 28.7 Å². The number of carbonyl (C=O) groups is 4. The number of ether oxygens (including phenoxy) is 6. The Kier molecular flexibility index (Phi) is 13.3. The molecule has 2 N–H and O–H groups in total. The molecule has 0 heterocycles. The van der Waals surface area contributed by atoms with Gasteiger partial charge in [0.05, 0.1) is 24.3 Å². The van der Waals surface area contributed by atoms with E-state index in [1.807, 2.05) is 0 Å². The first-order chi connectivity index (χ1) is 24.0. The maximum absolute atomic E-state index is 12.9. The second-order valence-electron chi connectivity index (χ2n) is 10.8. The van der Waals surface area contributed by atoms with Crippen LogP contribution in [-0.4, -0.2) is 60.9 Å². The zero-order valence-electron chi connectivity index (χ0n) is 27.5. The van der Waals surface area contributed by atoms with Crippen molar-refractivity contribution < 1.29 is 57.6 Å². The van der Waals surface area contributed by atoms with Crippen molar-refractivity contribution in [2.75, 3.05) is 19.8 Å². The molecule has 0 fully saturated rings. The Morgan fingerprint density at radius 2 is 1.12 bits per heavy atom. The van der Waals surface area contributed by atoms with Crippen molar-refractivity contribution in [3.8, 4) is 28.7 Å². The molecule has 0 spiro atoms. The molecule has 0 aliphatic heterocycles. The zero-order valence-corrected chi connectivity index (χ0v) is 27.5. The van der Waals surface area contributed by atoms with Crippen LogP contribution >= 0.6 is 0 Å². The number of hydrogen-bond donors (Lipinski definition) is 2. The molecule has 50 heavy (non-hydrogen) atoms. The Balaban J connectivity index is 1.24. The average molecular weight is 682 g/mol. The van der Waals surface area contributed by atoms with Gasteiger partial charge in [0.1, 0.15) is 28.7 Å². The lowest BCUT2D eigenvalue weighted by atomic mass is 9.80. The molecule has 0 saturated carbocycles. The van der Waals surface area contributed by atoms with Crippen molar-refractivity contribution >= 4 is 36.5 Å². The molecular weight excluding hydrogens is 647 g/mol. The van der Waals surface area contributed by atoms with Crippen LogP contribution in [0.15, 0.2) is 97.6 Å². The number of carbonyl (C=O) groups excluding carboxylic acids is 4. The molecule has 0 radical (unpaired) electrons. The topological polar surface area (TPSA) is 164 Å². The van der Waals surface area contributed by atoms with Crippen molar-refractivity contribution in [2.45, 2.75) is 26.7 Å². The first-order valence-electron chi connectivity index (χ1n) is 15.5. The second kappa shape index (κ2) is 18.0. The molecule has 0 amide bonds. The van der Waals surface area contributed by atoms with Gasteiger partial charge >= 0.3 is 31.0 Å². The fourth-order valence-electron chi connectivity index (χ4n) is 4.32. The molecule has 0 saturated heterocycles. The van der Waals surface area contributed by atoms with Crippen molar-refractivity contribution in [3.05, 3.63) is 120 Å². The van der Waals surface area contributed by atoms with Crippen molar-refractivity contribution in [2.24, 2.45) is 0 Å². The third kappa shape index (κ3) is 10.8. The van der Waals surface area contributed by atoms with E-state index in [1.54, 1.807) is 50.2 Å². The molecular formula is C37H35BO12. The predicted octanol–water partition coefficient (Wildman–Crippen LogP) is 4.29. The summed E-state index contributed by atoms with van der Waals surface area (Å²) in [5, 5.41) is 18.3. The molecule has 4 aromatic carbocycles. The highest BCUT2D eigenvalue weighted by molar-refractivity contribution is 6.58. The number of benzene rings is 4. The van der Waals surface area contributed by atoms with E-state index in [-0.39, 0.29) is 29.1 Å². The molecule has 0 atom stereocenters. The Labute approximate surface area is 288 Å². The first-order valence-corrected chi connectivity index (χ1v) is 15.5. The highest BCUT2D eigenvalue weighted by Gasteiger charge is 2.17. The molecule has 258 valence electrons. The molecule has 12 nitrogen and oxygen atoms in total. The van der Waals surface area contributed by atoms with Crippen LogP contribution in [0.1, 0.15) is 44.7 Å². The third-order valence-electron chi connectivity index (χ3n) is 7.26. The molecule has 0 unspecified atom stereocenters. The van der Waals surface area contributed by atoms with E-state index in [0.29, 0.717) is 53.4 Å². The van der Waals surface area contributed by atoms with Crippen LogP contribution in [0.3, 0.4) is 0 Å². The van der Waals surface area contributed by atoms with Crippen LogP contribution in [0, 0.1) is 13.8 Å². The van der Waals surface area contributed by atoms with Gasteiger partial charge in [0.2, 0.25) is 0 Å². The van der Waals surface area contributed by atoms with E-state index < -0.39 is 37.6 Å². The van der Waals surface area contributed by atoms with Crippen molar-refractivity contribution in [1.29, 1.82) is 0 Å². The molecule has 4 rings (SSSR count). The minimum absolute atomic E-state index is 0.213. The summed E-state index contributed by atoms with van der Waals surface area (Å²) in [4.78, 5) is 48.9. The third-order valence-corrected chi connectivity index (χ3v) is 7.26. The van der Waals surface area contributed by atoms with Gasteiger partial charge in [-0.1, -0.05) is 18.7 Å². The van der Waals surface area contributed by atoms with Gasteiger partial charge in [0.25, 0.3) is 0 Å². The van der Waals surface area contributed by atoms with E-state index in [0.717, 1.165) is 6.08 Å². The summed E-state index contributed by atoms with van der Waals surface area (Å²) < 4.78 is 32.4. The highest BCUT2D eigenvalue weighted by Crippen LogP contribution is 2.30. The van der Waals surface area contributed by atoms with Gasteiger partial charge in [-0.2, -0.15) is 0 Å². The quantitative estimate of drug-likeness (QED) is 0.0567. The summed E-state index contributed by atoms with van der Waals surface area (Å²) in [5.41, 5.74) is 2.03. The molecule has 0 aromatic heterocycles. The fraction of sp³-hybridized carbons (Fsp3) is 0.189. The van der Waals surface area contributed by atoms with Crippen LogP contribution < -0.4 is 29.1 Å². The maximum Gasteiger partial charge on any atom is 0.488 e. The Morgan fingerprint density at radius 1 is 0.640 bits per heavy atom. The van der Waals surface area contributed by atoms with E-state index in [1.165, 1.54) is 48.5 Å². The Bertz CT molecular complexity index is 1800. The van der Waals surface area contributed by atoms with E-state index in [4.69, 9.17) is 38.5 Å².